The summed E-state index contributed by atoms with van der Waals surface area (Å²) in [5.74, 6) is 0. The van der Waals surface area contributed by atoms with Crippen LogP contribution in [0.15, 0.2) is 41.3 Å². The number of nitrogens with one attached hydrogen (secondary N) is 1. The number of pyridine rings is 1. The Morgan fingerprint density at radius 2 is 1.94 bits per heavy atom. The zero-order chi connectivity index (χ0) is 11.5. The van der Waals surface area contributed by atoms with E-state index in [0.29, 0.717) is 5.56 Å². The molecule has 3 heteroatoms. The minimum Gasteiger partial charge on any atom is -0.328 e. The third-order valence-corrected chi connectivity index (χ3v) is 2.47. The van der Waals surface area contributed by atoms with Gasteiger partial charge in [0.2, 0.25) is 0 Å². The first-order chi connectivity index (χ1) is 7.74. The van der Waals surface area contributed by atoms with E-state index in [9.17, 15) is 4.79 Å². The molecule has 0 radical (unpaired) electrons. The molecule has 0 spiro atoms. The fourth-order valence-corrected chi connectivity index (χ4v) is 1.71. The van der Waals surface area contributed by atoms with Gasteiger partial charge in [0.15, 0.2) is 0 Å². The van der Waals surface area contributed by atoms with E-state index in [2.05, 4.69) is 4.98 Å². The topological polar surface area (TPSA) is 56.6 Å². The van der Waals surface area contributed by atoms with Gasteiger partial charge in [-0.25, -0.2) is 0 Å². The Bertz CT molecular complexity index is 606. The molecular weight excluding hydrogens is 200 g/mol. The SMILES string of the molecule is Cc1c[nH]c(=O)c(C#N)c1-c1ccccc1. The van der Waals surface area contributed by atoms with Crippen molar-refractivity contribution >= 4 is 0 Å². The Kier molecular flexibility index (Phi) is 2.57. The first-order valence-electron chi connectivity index (χ1n) is 4.92. The minimum absolute atomic E-state index is 0.172. The highest BCUT2D eigenvalue weighted by molar-refractivity contribution is 5.72. The van der Waals surface area contributed by atoms with Crippen LogP contribution >= 0.6 is 0 Å². The molecule has 1 heterocycles. The van der Waals surface area contributed by atoms with Crippen molar-refractivity contribution in [1.29, 1.82) is 5.26 Å². The van der Waals surface area contributed by atoms with Crippen LogP contribution in [0.2, 0.25) is 0 Å². The largest absolute Gasteiger partial charge is 0.328 e. The van der Waals surface area contributed by atoms with E-state index in [1.807, 2.05) is 43.3 Å². The maximum absolute atomic E-state index is 11.5. The lowest BCUT2D eigenvalue weighted by molar-refractivity contribution is 1.18. The second-order valence-corrected chi connectivity index (χ2v) is 3.53. The van der Waals surface area contributed by atoms with Gasteiger partial charge in [-0.2, -0.15) is 5.26 Å². The molecule has 0 amide bonds. The highest BCUT2D eigenvalue weighted by Crippen LogP contribution is 2.23. The highest BCUT2D eigenvalue weighted by Gasteiger charge is 2.11. The highest BCUT2D eigenvalue weighted by atomic mass is 16.1. The number of benzene rings is 1. The standard InChI is InChI=1S/C13H10N2O/c1-9-8-15-13(16)11(7-14)12(9)10-5-3-2-4-6-10/h2-6,8H,1H3,(H,15,16). The quantitative estimate of drug-likeness (QED) is 0.784. The molecule has 3 nitrogen and oxygen atoms in total. The molecule has 1 aromatic heterocycles. The molecule has 0 saturated carbocycles. The molecule has 1 aromatic carbocycles. The van der Waals surface area contributed by atoms with Crippen molar-refractivity contribution in [3.8, 4) is 17.2 Å². The normalized spacial score (nSPS) is 9.75. The summed E-state index contributed by atoms with van der Waals surface area (Å²) in [6.07, 6.45) is 1.63. The van der Waals surface area contributed by atoms with Gasteiger partial charge in [0.25, 0.3) is 5.56 Å². The first kappa shape index (κ1) is 10.2. The molecule has 0 aliphatic heterocycles. The van der Waals surface area contributed by atoms with Crippen molar-refractivity contribution in [1.82, 2.24) is 4.98 Å². The van der Waals surface area contributed by atoms with E-state index >= 15 is 0 Å². The van der Waals surface area contributed by atoms with Gasteiger partial charge in [0, 0.05) is 11.8 Å². The van der Waals surface area contributed by atoms with Crippen LogP contribution in [0, 0.1) is 18.3 Å². The summed E-state index contributed by atoms with van der Waals surface area (Å²) in [5.41, 5.74) is 2.33. The van der Waals surface area contributed by atoms with E-state index < -0.39 is 0 Å². The molecule has 2 rings (SSSR count). The van der Waals surface area contributed by atoms with Crippen LogP contribution in [0.1, 0.15) is 11.1 Å². The van der Waals surface area contributed by atoms with Crippen LogP contribution in [0.25, 0.3) is 11.1 Å². The maximum atomic E-state index is 11.5. The van der Waals surface area contributed by atoms with Gasteiger partial charge in [-0.05, 0) is 18.1 Å². The molecule has 16 heavy (non-hydrogen) atoms. The van der Waals surface area contributed by atoms with Crippen LogP contribution < -0.4 is 5.56 Å². The molecule has 78 valence electrons. The molecule has 0 aliphatic rings. The van der Waals surface area contributed by atoms with Crippen molar-refractivity contribution in [2.24, 2.45) is 0 Å². The van der Waals surface area contributed by atoms with Gasteiger partial charge in [-0.3, -0.25) is 4.79 Å². The summed E-state index contributed by atoms with van der Waals surface area (Å²) in [5, 5.41) is 9.02. The fraction of sp³-hybridized carbons (Fsp3) is 0.0769. The number of aromatic amines is 1. The number of aromatic nitrogens is 1. The Balaban J connectivity index is 2.80. The second kappa shape index (κ2) is 4.03. The van der Waals surface area contributed by atoms with E-state index in [-0.39, 0.29) is 11.1 Å². The summed E-state index contributed by atoms with van der Waals surface area (Å²) >= 11 is 0. The molecule has 0 saturated heterocycles. The Morgan fingerprint density at radius 1 is 1.25 bits per heavy atom. The third-order valence-electron chi connectivity index (χ3n) is 2.47. The lowest BCUT2D eigenvalue weighted by Gasteiger charge is -2.06. The van der Waals surface area contributed by atoms with E-state index in [0.717, 1.165) is 11.1 Å². The van der Waals surface area contributed by atoms with Gasteiger partial charge in [-0.15, -0.1) is 0 Å². The first-order valence-corrected chi connectivity index (χ1v) is 4.92. The van der Waals surface area contributed by atoms with Crippen molar-refractivity contribution < 1.29 is 0 Å². The predicted octanol–water partition coefficient (Wildman–Crippen LogP) is 2.22. The molecule has 0 unspecified atom stereocenters. The molecular formula is C13H10N2O. The summed E-state index contributed by atoms with van der Waals surface area (Å²) in [7, 11) is 0. The number of nitriles is 1. The fourth-order valence-electron chi connectivity index (χ4n) is 1.71. The Labute approximate surface area is 93.0 Å². The van der Waals surface area contributed by atoms with Crippen molar-refractivity contribution in [2.75, 3.05) is 0 Å². The Morgan fingerprint density at radius 3 is 2.56 bits per heavy atom. The van der Waals surface area contributed by atoms with E-state index in [4.69, 9.17) is 5.26 Å². The molecule has 2 aromatic rings. The summed E-state index contributed by atoms with van der Waals surface area (Å²) in [6.45, 7) is 1.87. The van der Waals surface area contributed by atoms with Gasteiger partial charge in [0.1, 0.15) is 11.6 Å². The molecule has 0 atom stereocenters. The molecule has 1 N–H and O–H groups in total. The number of nitrogens with zero attached hydrogens (tertiary/aromatic N) is 1. The molecule has 0 aliphatic carbocycles. The number of rotatable bonds is 1. The van der Waals surface area contributed by atoms with Crippen LogP contribution in [-0.4, -0.2) is 4.98 Å². The average Bonchev–Trinajstić information content (AvgIpc) is 2.33. The monoisotopic (exact) mass is 210 g/mol. The lowest BCUT2D eigenvalue weighted by Crippen LogP contribution is -2.12. The van der Waals surface area contributed by atoms with Crippen LogP contribution in [0.5, 0.6) is 0 Å². The average molecular weight is 210 g/mol. The van der Waals surface area contributed by atoms with Crippen LogP contribution in [0.4, 0.5) is 0 Å². The number of H-pyrrole nitrogens is 1. The van der Waals surface area contributed by atoms with Gasteiger partial charge in [0.05, 0.1) is 0 Å². The van der Waals surface area contributed by atoms with E-state index in [1.54, 1.807) is 6.20 Å². The smallest absolute Gasteiger partial charge is 0.266 e. The van der Waals surface area contributed by atoms with E-state index in [1.165, 1.54) is 0 Å². The summed E-state index contributed by atoms with van der Waals surface area (Å²) < 4.78 is 0. The summed E-state index contributed by atoms with van der Waals surface area (Å²) in [4.78, 5) is 14.1. The van der Waals surface area contributed by atoms with Crippen molar-refractivity contribution in [3.63, 3.8) is 0 Å². The van der Waals surface area contributed by atoms with Crippen molar-refractivity contribution in [2.45, 2.75) is 6.92 Å². The van der Waals surface area contributed by atoms with Crippen molar-refractivity contribution in [3.05, 3.63) is 58.0 Å². The predicted molar refractivity (Wildman–Crippen MR) is 62.0 cm³/mol. The van der Waals surface area contributed by atoms with Gasteiger partial charge in [-0.1, -0.05) is 30.3 Å². The van der Waals surface area contributed by atoms with Crippen LogP contribution in [0.3, 0.4) is 0 Å². The molecule has 0 fully saturated rings. The third kappa shape index (κ3) is 1.61. The number of hydrogen-bond acceptors (Lipinski definition) is 2. The van der Waals surface area contributed by atoms with Crippen LogP contribution in [-0.2, 0) is 0 Å². The number of aryl methyl sites for hydroxylation is 1. The Hall–Kier alpha value is -2.34. The zero-order valence-electron chi connectivity index (χ0n) is 8.82. The lowest BCUT2D eigenvalue weighted by atomic mass is 9.98. The number of hydrogen-bond donors (Lipinski definition) is 1. The maximum Gasteiger partial charge on any atom is 0.266 e. The zero-order valence-corrected chi connectivity index (χ0v) is 8.82. The van der Waals surface area contributed by atoms with Gasteiger partial charge >= 0.3 is 0 Å². The minimum atomic E-state index is -0.341. The summed E-state index contributed by atoms with van der Waals surface area (Å²) in [6, 6.07) is 11.4. The second-order valence-electron chi connectivity index (χ2n) is 3.53. The molecule has 0 bridgehead atoms. The van der Waals surface area contributed by atoms with Gasteiger partial charge < -0.3 is 4.98 Å².